The monoisotopic (exact) mass is 332 g/mol. The molecule has 0 aliphatic rings. The summed E-state index contributed by atoms with van der Waals surface area (Å²) in [5.41, 5.74) is 0.989. The highest BCUT2D eigenvalue weighted by molar-refractivity contribution is 6.31. The number of para-hydroxylation sites is 1. The lowest BCUT2D eigenvalue weighted by molar-refractivity contribution is -0.123. The van der Waals surface area contributed by atoms with Gasteiger partial charge in [-0.3, -0.25) is 4.79 Å². The normalized spacial score (nSPS) is 12.0. The molecule has 0 spiro atoms. The van der Waals surface area contributed by atoms with Crippen molar-refractivity contribution in [1.29, 1.82) is 0 Å². The van der Waals surface area contributed by atoms with Crippen LogP contribution in [0, 0.1) is 0 Å². The van der Waals surface area contributed by atoms with Crippen molar-refractivity contribution in [1.82, 2.24) is 10.2 Å². The fourth-order valence-corrected chi connectivity index (χ4v) is 2.50. The molecular formula is C18H21ClN2O2. The molecule has 1 unspecified atom stereocenters. The van der Waals surface area contributed by atoms with Crippen LogP contribution in [0.4, 0.5) is 0 Å². The third-order valence-corrected chi connectivity index (χ3v) is 3.84. The molecule has 0 saturated heterocycles. The maximum atomic E-state index is 12.0. The van der Waals surface area contributed by atoms with E-state index in [1.807, 2.05) is 73.6 Å². The van der Waals surface area contributed by atoms with Crippen LogP contribution in [0.25, 0.3) is 0 Å². The van der Waals surface area contributed by atoms with E-state index in [1.165, 1.54) is 0 Å². The van der Waals surface area contributed by atoms with Crippen molar-refractivity contribution in [2.75, 3.05) is 27.2 Å². The van der Waals surface area contributed by atoms with Gasteiger partial charge in [-0.2, -0.15) is 0 Å². The lowest BCUT2D eigenvalue weighted by atomic mass is 10.1. The summed E-state index contributed by atoms with van der Waals surface area (Å²) < 4.78 is 5.44. The molecule has 0 bridgehead atoms. The second-order valence-electron chi connectivity index (χ2n) is 5.41. The first kappa shape index (κ1) is 17.3. The second-order valence-corrected chi connectivity index (χ2v) is 5.81. The average Bonchev–Trinajstić information content (AvgIpc) is 2.55. The maximum Gasteiger partial charge on any atom is 0.258 e. The molecule has 0 heterocycles. The molecule has 1 amide bonds. The van der Waals surface area contributed by atoms with Gasteiger partial charge in [0.2, 0.25) is 0 Å². The summed E-state index contributed by atoms with van der Waals surface area (Å²) in [6, 6.07) is 16.9. The zero-order valence-corrected chi connectivity index (χ0v) is 14.1. The molecule has 0 radical (unpaired) electrons. The number of hydrogen-bond donors (Lipinski definition) is 1. The van der Waals surface area contributed by atoms with Crippen molar-refractivity contribution >= 4 is 17.5 Å². The van der Waals surface area contributed by atoms with Crippen LogP contribution in [-0.2, 0) is 4.79 Å². The maximum absolute atomic E-state index is 12.0. The van der Waals surface area contributed by atoms with Crippen molar-refractivity contribution in [3.05, 3.63) is 65.2 Å². The first-order chi connectivity index (χ1) is 11.1. The molecule has 5 heteroatoms. The molecule has 23 heavy (non-hydrogen) atoms. The lowest BCUT2D eigenvalue weighted by Gasteiger charge is -2.26. The summed E-state index contributed by atoms with van der Waals surface area (Å²) >= 11 is 6.26. The quantitative estimate of drug-likeness (QED) is 0.847. The number of carbonyl (C=O) groups excluding carboxylic acids is 1. The predicted molar refractivity (Wildman–Crippen MR) is 92.8 cm³/mol. The number of benzene rings is 2. The van der Waals surface area contributed by atoms with E-state index in [4.69, 9.17) is 16.3 Å². The number of nitrogens with one attached hydrogen (secondary N) is 1. The smallest absolute Gasteiger partial charge is 0.258 e. The van der Waals surface area contributed by atoms with Gasteiger partial charge >= 0.3 is 0 Å². The van der Waals surface area contributed by atoms with Gasteiger partial charge in [-0.05, 0) is 37.9 Å². The Hall–Kier alpha value is -2.04. The van der Waals surface area contributed by atoms with E-state index in [0.29, 0.717) is 17.3 Å². The van der Waals surface area contributed by atoms with E-state index >= 15 is 0 Å². The SMILES string of the molecule is CN(C)C(CNC(=O)COc1ccccc1)c1ccccc1Cl. The molecule has 0 aliphatic heterocycles. The number of rotatable bonds is 7. The topological polar surface area (TPSA) is 41.6 Å². The minimum Gasteiger partial charge on any atom is -0.484 e. The summed E-state index contributed by atoms with van der Waals surface area (Å²) in [6.45, 7) is 0.459. The largest absolute Gasteiger partial charge is 0.484 e. The van der Waals surface area contributed by atoms with Gasteiger partial charge in [0.25, 0.3) is 5.91 Å². The van der Waals surface area contributed by atoms with Gasteiger partial charge in [0.05, 0.1) is 6.04 Å². The molecule has 2 rings (SSSR count). The fourth-order valence-electron chi connectivity index (χ4n) is 2.24. The van der Waals surface area contributed by atoms with Crippen LogP contribution in [0.2, 0.25) is 5.02 Å². The molecule has 4 nitrogen and oxygen atoms in total. The summed E-state index contributed by atoms with van der Waals surface area (Å²) in [7, 11) is 3.92. The lowest BCUT2D eigenvalue weighted by Crippen LogP contribution is -2.37. The van der Waals surface area contributed by atoms with E-state index in [9.17, 15) is 4.79 Å². The molecule has 0 aromatic heterocycles. The number of nitrogens with zero attached hydrogens (tertiary/aromatic N) is 1. The number of ether oxygens (including phenoxy) is 1. The Morgan fingerprint density at radius 1 is 1.13 bits per heavy atom. The third-order valence-electron chi connectivity index (χ3n) is 3.49. The molecule has 2 aromatic rings. The van der Waals surface area contributed by atoms with Crippen LogP contribution in [-0.4, -0.2) is 38.1 Å². The zero-order valence-electron chi connectivity index (χ0n) is 13.3. The van der Waals surface area contributed by atoms with E-state index in [1.54, 1.807) is 0 Å². The average molecular weight is 333 g/mol. The first-order valence-electron chi connectivity index (χ1n) is 7.43. The standard InChI is InChI=1S/C18H21ClN2O2/c1-21(2)17(15-10-6-7-11-16(15)19)12-20-18(22)13-23-14-8-4-3-5-9-14/h3-11,17H,12-13H2,1-2H3,(H,20,22). The van der Waals surface area contributed by atoms with Gasteiger partial charge in [0, 0.05) is 11.6 Å². The summed E-state index contributed by atoms with van der Waals surface area (Å²) in [6.07, 6.45) is 0. The molecule has 122 valence electrons. The highest BCUT2D eigenvalue weighted by Gasteiger charge is 2.17. The van der Waals surface area contributed by atoms with Crippen LogP contribution in [0.1, 0.15) is 11.6 Å². The van der Waals surface area contributed by atoms with Crippen molar-refractivity contribution in [3.8, 4) is 5.75 Å². The van der Waals surface area contributed by atoms with E-state index in [0.717, 1.165) is 5.56 Å². The van der Waals surface area contributed by atoms with Crippen LogP contribution in [0.15, 0.2) is 54.6 Å². The number of halogens is 1. The Kier molecular flexibility index (Phi) is 6.44. The molecule has 0 fully saturated rings. The molecule has 1 atom stereocenters. The van der Waals surface area contributed by atoms with Gasteiger partial charge in [0.15, 0.2) is 6.61 Å². The van der Waals surface area contributed by atoms with Gasteiger partial charge in [-0.1, -0.05) is 48.0 Å². The minimum atomic E-state index is -0.159. The van der Waals surface area contributed by atoms with E-state index in [-0.39, 0.29) is 18.6 Å². The zero-order chi connectivity index (χ0) is 16.7. The summed E-state index contributed by atoms with van der Waals surface area (Å²) in [5.74, 6) is 0.519. The number of likely N-dealkylation sites (N-methyl/N-ethyl adjacent to an activating group) is 1. The summed E-state index contributed by atoms with van der Waals surface area (Å²) in [4.78, 5) is 14.0. The van der Waals surface area contributed by atoms with E-state index < -0.39 is 0 Å². The number of hydrogen-bond acceptors (Lipinski definition) is 3. The second kappa shape index (κ2) is 8.56. The van der Waals surface area contributed by atoms with E-state index in [2.05, 4.69) is 5.32 Å². The number of amides is 1. The van der Waals surface area contributed by atoms with Gasteiger partial charge in [-0.15, -0.1) is 0 Å². The Morgan fingerprint density at radius 2 is 1.78 bits per heavy atom. The van der Waals surface area contributed by atoms with Crippen molar-refractivity contribution in [2.24, 2.45) is 0 Å². The van der Waals surface area contributed by atoms with Crippen LogP contribution in [0.5, 0.6) is 5.75 Å². The first-order valence-corrected chi connectivity index (χ1v) is 7.81. The van der Waals surface area contributed by atoms with Gasteiger partial charge in [-0.25, -0.2) is 0 Å². The molecular weight excluding hydrogens is 312 g/mol. The van der Waals surface area contributed by atoms with Crippen LogP contribution >= 0.6 is 11.6 Å². The van der Waals surface area contributed by atoms with Crippen molar-refractivity contribution in [3.63, 3.8) is 0 Å². The predicted octanol–water partition coefficient (Wildman–Crippen LogP) is 3.14. The fraction of sp³-hybridized carbons (Fsp3) is 0.278. The Morgan fingerprint density at radius 3 is 2.43 bits per heavy atom. The Balaban J connectivity index is 1.89. The van der Waals surface area contributed by atoms with Gasteiger partial charge in [0.1, 0.15) is 5.75 Å². The summed E-state index contributed by atoms with van der Waals surface area (Å²) in [5, 5.41) is 3.59. The molecule has 0 aliphatic carbocycles. The molecule has 2 aromatic carbocycles. The van der Waals surface area contributed by atoms with Crippen molar-refractivity contribution in [2.45, 2.75) is 6.04 Å². The Bertz CT molecular complexity index is 632. The van der Waals surface area contributed by atoms with Crippen molar-refractivity contribution < 1.29 is 9.53 Å². The number of carbonyl (C=O) groups is 1. The van der Waals surface area contributed by atoms with Crippen LogP contribution < -0.4 is 10.1 Å². The van der Waals surface area contributed by atoms with Gasteiger partial charge < -0.3 is 15.0 Å². The Labute approximate surface area is 142 Å². The molecule has 1 N–H and O–H groups in total. The van der Waals surface area contributed by atoms with Crippen LogP contribution in [0.3, 0.4) is 0 Å². The molecule has 0 saturated carbocycles. The third kappa shape index (κ3) is 5.27. The highest BCUT2D eigenvalue weighted by Crippen LogP contribution is 2.25. The highest BCUT2D eigenvalue weighted by atomic mass is 35.5. The minimum absolute atomic E-state index is 0.00405.